The predicted molar refractivity (Wildman–Crippen MR) is 108 cm³/mol. The first-order valence-corrected chi connectivity index (χ1v) is 8.93. The van der Waals surface area contributed by atoms with Gasteiger partial charge in [-0.15, -0.1) is 0 Å². The second-order valence-corrected chi connectivity index (χ2v) is 8.32. The summed E-state index contributed by atoms with van der Waals surface area (Å²) in [6.07, 6.45) is 1.07. The van der Waals surface area contributed by atoms with Gasteiger partial charge in [-0.1, -0.05) is 51.1 Å². The van der Waals surface area contributed by atoms with Crippen LogP contribution in [0.2, 0.25) is 0 Å². The molecule has 0 aliphatic carbocycles. The molecule has 0 atom stereocenters. The van der Waals surface area contributed by atoms with Gasteiger partial charge < -0.3 is 9.97 Å². The number of aromatic amines is 2. The summed E-state index contributed by atoms with van der Waals surface area (Å²) in [4.78, 5) is 7.22. The first-order valence-electron chi connectivity index (χ1n) is 8.93. The number of hydrogen-bond acceptors (Lipinski definition) is 0. The summed E-state index contributed by atoms with van der Waals surface area (Å²) in [5, 5.41) is 5.25. The minimum atomic E-state index is 0.267. The van der Waals surface area contributed by atoms with Crippen LogP contribution in [-0.4, -0.2) is 9.97 Å². The van der Waals surface area contributed by atoms with E-state index in [0.29, 0.717) is 0 Å². The molecule has 0 saturated heterocycles. The second kappa shape index (κ2) is 4.89. The highest BCUT2D eigenvalue weighted by molar-refractivity contribution is 6.17. The lowest BCUT2D eigenvalue weighted by molar-refractivity contribution is 0.413. The maximum absolute atomic E-state index is 3.64. The van der Waals surface area contributed by atoms with Crippen molar-refractivity contribution in [1.29, 1.82) is 0 Å². The molecule has 2 nitrogen and oxygen atoms in total. The fraction of sp³-hybridized carbons (Fsp3) is 0.217. The Morgan fingerprint density at radius 3 is 2.20 bits per heavy atom. The van der Waals surface area contributed by atoms with E-state index in [0.717, 1.165) is 6.42 Å². The van der Waals surface area contributed by atoms with E-state index in [1.807, 2.05) is 0 Å². The minimum Gasteiger partial charge on any atom is -0.354 e. The number of aromatic nitrogens is 2. The molecule has 2 heterocycles. The molecule has 0 spiro atoms. The summed E-state index contributed by atoms with van der Waals surface area (Å²) >= 11 is 0. The highest BCUT2D eigenvalue weighted by atomic mass is 14.7. The normalized spacial score (nSPS) is 12.8. The van der Waals surface area contributed by atoms with Gasteiger partial charge >= 0.3 is 0 Å². The number of rotatable bonds is 1. The van der Waals surface area contributed by atoms with Crippen LogP contribution < -0.4 is 0 Å². The molecule has 0 fully saturated rings. The van der Waals surface area contributed by atoms with Crippen molar-refractivity contribution in [3.63, 3.8) is 0 Å². The Morgan fingerprint density at radius 2 is 1.36 bits per heavy atom. The monoisotopic (exact) mass is 326 g/mol. The maximum atomic E-state index is 3.64. The summed E-state index contributed by atoms with van der Waals surface area (Å²) in [5.41, 5.74) is 6.54. The lowest BCUT2D eigenvalue weighted by Crippen LogP contribution is -2.09. The van der Waals surface area contributed by atoms with Crippen LogP contribution in [0.25, 0.3) is 43.6 Å². The Balaban J connectivity index is 1.88. The van der Waals surface area contributed by atoms with Gasteiger partial charge in [0, 0.05) is 43.6 Å². The zero-order valence-electron chi connectivity index (χ0n) is 14.9. The van der Waals surface area contributed by atoms with E-state index < -0.39 is 0 Å². The fourth-order valence-electron chi connectivity index (χ4n) is 4.09. The van der Waals surface area contributed by atoms with Gasteiger partial charge in [0.2, 0.25) is 0 Å². The lowest BCUT2D eigenvalue weighted by Gasteiger charge is -2.18. The lowest BCUT2D eigenvalue weighted by atomic mass is 9.86. The molecule has 0 unspecified atom stereocenters. The Hall–Kier alpha value is -2.74. The summed E-state index contributed by atoms with van der Waals surface area (Å²) in [7, 11) is 0. The molecule has 0 aliphatic heterocycles. The van der Waals surface area contributed by atoms with Crippen molar-refractivity contribution in [2.45, 2.75) is 27.2 Å². The van der Waals surface area contributed by atoms with E-state index in [-0.39, 0.29) is 5.41 Å². The Kier molecular flexibility index (Phi) is 2.85. The highest BCUT2D eigenvalue weighted by Gasteiger charge is 2.16. The largest absolute Gasteiger partial charge is 0.354 e. The zero-order valence-corrected chi connectivity index (χ0v) is 14.9. The predicted octanol–water partition coefficient (Wildman–Crippen LogP) is 6.54. The van der Waals surface area contributed by atoms with Crippen LogP contribution in [0.3, 0.4) is 0 Å². The van der Waals surface area contributed by atoms with Crippen molar-refractivity contribution in [3.05, 3.63) is 60.2 Å². The number of para-hydroxylation sites is 1. The van der Waals surface area contributed by atoms with Crippen LogP contribution in [0.5, 0.6) is 0 Å². The van der Waals surface area contributed by atoms with Crippen molar-refractivity contribution < 1.29 is 0 Å². The van der Waals surface area contributed by atoms with E-state index >= 15 is 0 Å². The van der Waals surface area contributed by atoms with Crippen LogP contribution in [0, 0.1) is 5.41 Å². The summed E-state index contributed by atoms with van der Waals surface area (Å²) in [5.74, 6) is 0. The molecule has 5 rings (SSSR count). The molecule has 0 saturated carbocycles. The summed E-state index contributed by atoms with van der Waals surface area (Å²) in [6.45, 7) is 6.91. The van der Waals surface area contributed by atoms with Crippen molar-refractivity contribution in [2.75, 3.05) is 0 Å². The molecule has 2 aromatic heterocycles. The van der Waals surface area contributed by atoms with Crippen LogP contribution in [0.1, 0.15) is 26.3 Å². The van der Waals surface area contributed by atoms with E-state index in [9.17, 15) is 0 Å². The van der Waals surface area contributed by atoms with Crippen molar-refractivity contribution in [2.24, 2.45) is 5.41 Å². The van der Waals surface area contributed by atoms with E-state index in [2.05, 4.69) is 85.3 Å². The van der Waals surface area contributed by atoms with Crippen LogP contribution in [-0.2, 0) is 6.42 Å². The first kappa shape index (κ1) is 14.6. The van der Waals surface area contributed by atoms with E-state index in [1.165, 1.54) is 49.2 Å². The number of H-pyrrole nitrogens is 2. The minimum absolute atomic E-state index is 0.267. The summed E-state index contributed by atoms with van der Waals surface area (Å²) in [6, 6.07) is 19.8. The quantitative estimate of drug-likeness (QED) is 0.350. The van der Waals surface area contributed by atoms with Gasteiger partial charge in [0.1, 0.15) is 0 Å². The molecular formula is C23H22N2. The SMILES string of the molecule is CC(C)(C)Cc1cccc2[nH]c3cc4c(cc3c12)[nH]c1ccccc14. The smallest absolute Gasteiger partial charge is 0.0472 e. The molecule has 3 aromatic carbocycles. The average Bonchev–Trinajstić information content (AvgIpc) is 3.09. The second-order valence-electron chi connectivity index (χ2n) is 8.32. The molecular weight excluding hydrogens is 304 g/mol. The van der Waals surface area contributed by atoms with Crippen molar-refractivity contribution in [1.82, 2.24) is 9.97 Å². The molecule has 0 aliphatic rings. The molecule has 2 N–H and O–H groups in total. The number of benzene rings is 3. The molecule has 2 heteroatoms. The average molecular weight is 326 g/mol. The number of fused-ring (bicyclic) bond motifs is 6. The van der Waals surface area contributed by atoms with E-state index in [4.69, 9.17) is 0 Å². The molecule has 5 aromatic rings. The van der Waals surface area contributed by atoms with Crippen molar-refractivity contribution >= 4 is 43.6 Å². The third-order valence-electron chi connectivity index (χ3n) is 5.05. The van der Waals surface area contributed by atoms with Gasteiger partial charge in [0.05, 0.1) is 0 Å². The van der Waals surface area contributed by atoms with Gasteiger partial charge in [0.25, 0.3) is 0 Å². The van der Waals surface area contributed by atoms with Crippen LogP contribution >= 0.6 is 0 Å². The first-order chi connectivity index (χ1) is 12.0. The molecule has 0 radical (unpaired) electrons. The van der Waals surface area contributed by atoms with Gasteiger partial charge in [0.15, 0.2) is 0 Å². The van der Waals surface area contributed by atoms with Crippen LogP contribution in [0.15, 0.2) is 54.6 Å². The topological polar surface area (TPSA) is 31.6 Å². The molecule has 0 amide bonds. The number of hydrogen-bond donors (Lipinski definition) is 2. The van der Waals surface area contributed by atoms with Crippen LogP contribution in [0.4, 0.5) is 0 Å². The molecule has 25 heavy (non-hydrogen) atoms. The third kappa shape index (κ3) is 2.25. The Bertz CT molecular complexity index is 1250. The maximum Gasteiger partial charge on any atom is 0.0472 e. The van der Waals surface area contributed by atoms with Gasteiger partial charge in [-0.3, -0.25) is 0 Å². The van der Waals surface area contributed by atoms with Gasteiger partial charge in [-0.2, -0.15) is 0 Å². The molecule has 124 valence electrons. The zero-order chi connectivity index (χ0) is 17.2. The third-order valence-corrected chi connectivity index (χ3v) is 5.05. The highest BCUT2D eigenvalue weighted by Crippen LogP contribution is 2.36. The van der Waals surface area contributed by atoms with E-state index in [1.54, 1.807) is 0 Å². The standard InChI is InChI=1S/C23H22N2/c1-23(2,3)13-14-7-6-10-19-22(14)17-12-20-16(11-21(17)25-19)15-8-4-5-9-18(15)24-20/h4-12,24-25H,13H2,1-3H3. The summed E-state index contributed by atoms with van der Waals surface area (Å²) < 4.78 is 0. The fourth-order valence-corrected chi connectivity index (χ4v) is 4.09. The molecule has 0 bridgehead atoms. The number of nitrogens with one attached hydrogen (secondary N) is 2. The van der Waals surface area contributed by atoms with Gasteiger partial charge in [-0.25, -0.2) is 0 Å². The Morgan fingerprint density at radius 1 is 0.680 bits per heavy atom. The van der Waals surface area contributed by atoms with Gasteiger partial charge in [-0.05, 0) is 41.7 Å². The Labute approximate surface area is 146 Å². The van der Waals surface area contributed by atoms with Crippen molar-refractivity contribution in [3.8, 4) is 0 Å².